The molecule has 2 aliphatic rings. The quantitative estimate of drug-likeness (QED) is 0.758. The molecule has 1 nitrogen and oxygen atoms in total. The van der Waals surface area contributed by atoms with E-state index in [1.54, 1.807) is 0 Å². The van der Waals surface area contributed by atoms with Crippen molar-refractivity contribution in [2.24, 2.45) is 11.8 Å². The van der Waals surface area contributed by atoms with E-state index in [0.717, 1.165) is 23.9 Å². The predicted molar refractivity (Wildman–Crippen MR) is 75.2 cm³/mol. The highest BCUT2D eigenvalue weighted by Crippen LogP contribution is 2.31. The summed E-state index contributed by atoms with van der Waals surface area (Å²) in [7, 11) is 0. The van der Waals surface area contributed by atoms with Gasteiger partial charge in [0.2, 0.25) is 0 Å². The van der Waals surface area contributed by atoms with Crippen molar-refractivity contribution >= 4 is 0 Å². The molecule has 0 saturated heterocycles. The molecule has 0 spiro atoms. The maximum atomic E-state index is 4.06. The lowest BCUT2D eigenvalue weighted by Crippen LogP contribution is -2.48. The van der Waals surface area contributed by atoms with Crippen molar-refractivity contribution in [3.8, 4) is 0 Å². The summed E-state index contributed by atoms with van der Waals surface area (Å²) in [6, 6.07) is 1.68. The first-order valence-corrected chi connectivity index (χ1v) is 8.11. The Bertz CT molecular complexity index is 192. The number of nitrogens with one attached hydrogen (secondary N) is 1. The first-order chi connectivity index (χ1) is 8.35. The Morgan fingerprint density at radius 2 is 1.12 bits per heavy atom. The molecule has 2 rings (SSSR count). The van der Waals surface area contributed by atoms with E-state index < -0.39 is 0 Å². The summed E-state index contributed by atoms with van der Waals surface area (Å²) in [5.41, 5.74) is 0. The van der Waals surface area contributed by atoms with E-state index in [1.165, 1.54) is 64.2 Å². The molecule has 0 aliphatic heterocycles. The van der Waals surface area contributed by atoms with Crippen LogP contribution in [0.15, 0.2) is 0 Å². The SMILES string of the molecule is CC[C@@H]1CCCC[C@@H]1N[C@H]1CCCC[C@@H]1CC. The van der Waals surface area contributed by atoms with E-state index in [1.807, 2.05) is 0 Å². The molecule has 1 N–H and O–H groups in total. The molecule has 17 heavy (non-hydrogen) atoms. The molecule has 0 aromatic rings. The predicted octanol–water partition coefficient (Wildman–Crippen LogP) is 4.51. The number of hydrogen-bond donors (Lipinski definition) is 1. The maximum absolute atomic E-state index is 4.06. The Balaban J connectivity index is 1.88. The van der Waals surface area contributed by atoms with Crippen LogP contribution in [0.3, 0.4) is 0 Å². The van der Waals surface area contributed by atoms with Crippen LogP contribution in [0, 0.1) is 11.8 Å². The maximum Gasteiger partial charge on any atom is 0.00979 e. The van der Waals surface area contributed by atoms with E-state index in [9.17, 15) is 0 Å². The monoisotopic (exact) mass is 237 g/mol. The van der Waals surface area contributed by atoms with Crippen LogP contribution in [0.2, 0.25) is 0 Å². The second kappa shape index (κ2) is 6.78. The largest absolute Gasteiger partial charge is 0.311 e. The number of hydrogen-bond acceptors (Lipinski definition) is 1. The van der Waals surface area contributed by atoms with Crippen molar-refractivity contribution in [1.29, 1.82) is 0 Å². The first-order valence-electron chi connectivity index (χ1n) is 8.11. The van der Waals surface area contributed by atoms with Crippen molar-refractivity contribution in [3.05, 3.63) is 0 Å². The van der Waals surface area contributed by atoms with Gasteiger partial charge < -0.3 is 5.32 Å². The molecule has 0 unspecified atom stereocenters. The third kappa shape index (κ3) is 3.47. The average Bonchev–Trinajstić information content (AvgIpc) is 2.40. The molecular formula is C16H31N. The number of rotatable bonds is 4. The second-order valence-electron chi connectivity index (χ2n) is 6.29. The van der Waals surface area contributed by atoms with Crippen LogP contribution in [0.5, 0.6) is 0 Å². The zero-order chi connectivity index (χ0) is 12.1. The van der Waals surface area contributed by atoms with Crippen molar-refractivity contribution in [2.75, 3.05) is 0 Å². The van der Waals surface area contributed by atoms with Gasteiger partial charge in [0, 0.05) is 12.1 Å². The minimum Gasteiger partial charge on any atom is -0.311 e. The van der Waals surface area contributed by atoms with Crippen molar-refractivity contribution in [3.63, 3.8) is 0 Å². The van der Waals surface area contributed by atoms with Crippen molar-refractivity contribution in [2.45, 2.75) is 90.1 Å². The molecule has 2 saturated carbocycles. The zero-order valence-corrected chi connectivity index (χ0v) is 11.9. The molecule has 0 aromatic heterocycles. The van der Waals surface area contributed by atoms with Crippen LogP contribution in [0.1, 0.15) is 78.1 Å². The summed E-state index contributed by atoms with van der Waals surface area (Å²) >= 11 is 0. The molecule has 4 atom stereocenters. The van der Waals surface area contributed by atoms with E-state index >= 15 is 0 Å². The molecule has 0 amide bonds. The van der Waals surface area contributed by atoms with Crippen LogP contribution in [0.4, 0.5) is 0 Å². The Hall–Kier alpha value is -0.0400. The minimum absolute atomic E-state index is 0.839. The Morgan fingerprint density at radius 1 is 0.706 bits per heavy atom. The first kappa shape index (κ1) is 13.4. The Morgan fingerprint density at radius 3 is 1.53 bits per heavy atom. The summed E-state index contributed by atoms with van der Waals surface area (Å²) in [6.07, 6.45) is 14.4. The van der Waals surface area contributed by atoms with Gasteiger partial charge in [0.1, 0.15) is 0 Å². The summed E-state index contributed by atoms with van der Waals surface area (Å²) in [5, 5.41) is 4.06. The summed E-state index contributed by atoms with van der Waals surface area (Å²) < 4.78 is 0. The van der Waals surface area contributed by atoms with Crippen LogP contribution in [0.25, 0.3) is 0 Å². The Labute approximate surface area is 108 Å². The highest BCUT2D eigenvalue weighted by molar-refractivity contribution is 4.87. The molecule has 0 bridgehead atoms. The van der Waals surface area contributed by atoms with E-state index in [0.29, 0.717) is 0 Å². The summed E-state index contributed by atoms with van der Waals surface area (Å²) in [5.74, 6) is 1.92. The Kier molecular flexibility index (Phi) is 5.34. The highest BCUT2D eigenvalue weighted by atomic mass is 15.0. The highest BCUT2D eigenvalue weighted by Gasteiger charge is 2.29. The van der Waals surface area contributed by atoms with Crippen LogP contribution < -0.4 is 5.32 Å². The third-order valence-corrected chi connectivity index (χ3v) is 5.30. The van der Waals surface area contributed by atoms with Gasteiger partial charge >= 0.3 is 0 Å². The van der Waals surface area contributed by atoms with Crippen LogP contribution >= 0.6 is 0 Å². The molecule has 0 radical (unpaired) electrons. The van der Waals surface area contributed by atoms with Crippen LogP contribution in [-0.4, -0.2) is 12.1 Å². The van der Waals surface area contributed by atoms with Gasteiger partial charge in [-0.2, -0.15) is 0 Å². The smallest absolute Gasteiger partial charge is 0.00979 e. The van der Waals surface area contributed by atoms with E-state index in [4.69, 9.17) is 0 Å². The molecule has 2 aliphatic carbocycles. The zero-order valence-electron chi connectivity index (χ0n) is 11.9. The molecule has 100 valence electrons. The van der Waals surface area contributed by atoms with Gasteiger partial charge in [0.05, 0.1) is 0 Å². The van der Waals surface area contributed by atoms with E-state index in [-0.39, 0.29) is 0 Å². The van der Waals surface area contributed by atoms with Crippen molar-refractivity contribution in [1.82, 2.24) is 5.32 Å². The molecule has 1 heteroatoms. The normalized spacial score (nSPS) is 39.2. The third-order valence-electron chi connectivity index (χ3n) is 5.30. The van der Waals surface area contributed by atoms with Gasteiger partial charge in [-0.3, -0.25) is 0 Å². The minimum atomic E-state index is 0.839. The standard InChI is InChI=1S/C16H31N/c1-3-13-9-5-7-11-15(13)17-16-12-8-6-10-14(16)4-2/h13-17H,3-12H2,1-2H3/t13-,14+,15-,16-/m0/s1. The molecular weight excluding hydrogens is 206 g/mol. The van der Waals surface area contributed by atoms with Gasteiger partial charge in [-0.1, -0.05) is 52.4 Å². The van der Waals surface area contributed by atoms with Crippen molar-refractivity contribution < 1.29 is 0 Å². The topological polar surface area (TPSA) is 12.0 Å². The molecule has 2 fully saturated rings. The summed E-state index contributed by atoms with van der Waals surface area (Å²) in [4.78, 5) is 0. The second-order valence-corrected chi connectivity index (χ2v) is 6.29. The van der Waals surface area contributed by atoms with E-state index in [2.05, 4.69) is 19.2 Å². The lowest BCUT2D eigenvalue weighted by atomic mass is 9.79. The fraction of sp³-hybridized carbons (Fsp3) is 1.00. The fourth-order valence-electron chi connectivity index (χ4n) is 4.11. The van der Waals surface area contributed by atoms with Crippen LogP contribution in [-0.2, 0) is 0 Å². The fourth-order valence-corrected chi connectivity index (χ4v) is 4.11. The van der Waals surface area contributed by atoms with Gasteiger partial charge in [-0.25, -0.2) is 0 Å². The lowest BCUT2D eigenvalue weighted by Gasteiger charge is -2.39. The van der Waals surface area contributed by atoms with Gasteiger partial charge in [0.15, 0.2) is 0 Å². The van der Waals surface area contributed by atoms with Gasteiger partial charge in [-0.15, -0.1) is 0 Å². The molecule has 0 heterocycles. The van der Waals surface area contributed by atoms with Gasteiger partial charge in [0.25, 0.3) is 0 Å². The summed E-state index contributed by atoms with van der Waals surface area (Å²) in [6.45, 7) is 4.76. The average molecular weight is 237 g/mol. The lowest BCUT2D eigenvalue weighted by molar-refractivity contribution is 0.179. The van der Waals surface area contributed by atoms with Gasteiger partial charge in [-0.05, 0) is 37.5 Å². The molecule has 0 aromatic carbocycles.